The third kappa shape index (κ3) is 5.56. The molecule has 2 aromatic heterocycles. The molecule has 0 saturated carbocycles. The van der Waals surface area contributed by atoms with Gasteiger partial charge in [-0.3, -0.25) is 0 Å². The fourth-order valence-corrected chi connectivity index (χ4v) is 13.6. The van der Waals surface area contributed by atoms with Crippen molar-refractivity contribution < 1.29 is 0 Å². The van der Waals surface area contributed by atoms with Crippen molar-refractivity contribution in [2.45, 2.75) is 25.9 Å². The van der Waals surface area contributed by atoms with Gasteiger partial charge in [-0.2, -0.15) is 0 Å². The molecule has 0 spiro atoms. The molecule has 3 heteroatoms. The highest BCUT2D eigenvalue weighted by Crippen LogP contribution is 2.58. The average Bonchev–Trinajstić information content (AvgIpc) is 3.55. The van der Waals surface area contributed by atoms with E-state index in [1.54, 1.807) is 0 Å². The quantitative estimate of drug-likeness (QED) is 0.148. The lowest BCUT2D eigenvalue weighted by molar-refractivity contribution is 1.24. The molecule has 0 fully saturated rings. The van der Waals surface area contributed by atoms with Gasteiger partial charge in [0.25, 0.3) is 0 Å². The number of benzene rings is 6. The van der Waals surface area contributed by atoms with Gasteiger partial charge in [0.1, 0.15) is 8.07 Å². The number of rotatable bonds is 8. The van der Waals surface area contributed by atoms with Crippen LogP contribution in [0.5, 0.6) is 0 Å². The van der Waals surface area contributed by atoms with E-state index in [0.717, 1.165) is 46.0 Å². The molecule has 8 aromatic rings. The average molecular weight is 697 g/mol. The van der Waals surface area contributed by atoms with Crippen LogP contribution in [0.15, 0.2) is 182 Å². The fraction of sp³-hybridized carbons (Fsp3) is 0.0800. The molecule has 0 atom stereocenters. The van der Waals surface area contributed by atoms with Crippen LogP contribution in [0.2, 0.25) is 12.1 Å². The van der Waals surface area contributed by atoms with Crippen molar-refractivity contribution in [2.24, 2.45) is 0 Å². The lowest BCUT2D eigenvalue weighted by Crippen LogP contribution is -2.36. The molecular formula is C50H40N2Si. The first kappa shape index (κ1) is 32.7. The molecule has 0 aliphatic carbocycles. The molecule has 0 radical (unpaired) electrons. The molecule has 9 rings (SSSR count). The van der Waals surface area contributed by atoms with E-state index in [1.807, 2.05) is 0 Å². The van der Waals surface area contributed by atoms with E-state index in [0.29, 0.717) is 0 Å². The second-order valence-electron chi connectivity index (χ2n) is 13.9. The van der Waals surface area contributed by atoms with Crippen LogP contribution < -0.4 is 0 Å². The highest BCUT2D eigenvalue weighted by atomic mass is 28.3. The molecular weight excluding hydrogens is 657 g/mol. The van der Waals surface area contributed by atoms with Crippen LogP contribution in [-0.4, -0.2) is 18.0 Å². The van der Waals surface area contributed by atoms with E-state index in [2.05, 4.69) is 196 Å². The third-order valence-electron chi connectivity index (χ3n) is 11.2. The molecule has 0 unspecified atom stereocenters. The molecule has 254 valence electrons. The Morgan fingerprint density at radius 3 is 1.15 bits per heavy atom. The molecule has 0 amide bonds. The molecule has 2 nitrogen and oxygen atoms in total. The zero-order valence-corrected chi connectivity index (χ0v) is 31.1. The van der Waals surface area contributed by atoms with Crippen LogP contribution >= 0.6 is 0 Å². The first-order valence-corrected chi connectivity index (χ1v) is 21.1. The molecule has 3 heterocycles. The summed E-state index contributed by atoms with van der Waals surface area (Å²) in [4.78, 5) is 11.3. The Kier molecular flexibility index (Phi) is 8.50. The van der Waals surface area contributed by atoms with E-state index >= 15 is 0 Å². The largest absolute Gasteiger partial charge is 0.248 e. The monoisotopic (exact) mass is 696 g/mol. The fourth-order valence-electron chi connectivity index (χ4n) is 8.69. The number of nitrogens with zero attached hydrogens (tertiary/aromatic N) is 2. The summed E-state index contributed by atoms with van der Waals surface area (Å²) in [5.74, 6) is 0. The summed E-state index contributed by atoms with van der Waals surface area (Å²) < 4.78 is 0. The summed E-state index contributed by atoms with van der Waals surface area (Å²) in [6, 6.07) is 67.7. The lowest BCUT2D eigenvalue weighted by atomic mass is 9.90. The van der Waals surface area contributed by atoms with E-state index in [4.69, 9.17) is 9.97 Å². The van der Waals surface area contributed by atoms with Crippen LogP contribution in [0.4, 0.5) is 0 Å². The van der Waals surface area contributed by atoms with Gasteiger partial charge in [0, 0.05) is 11.1 Å². The Morgan fingerprint density at radius 1 is 0.358 bits per heavy atom. The minimum Gasteiger partial charge on any atom is -0.248 e. The Labute approximate surface area is 312 Å². The zero-order valence-electron chi connectivity index (χ0n) is 30.1. The number of hydrogen-bond donors (Lipinski definition) is 0. The highest BCUT2D eigenvalue weighted by Gasteiger charge is 2.49. The second kappa shape index (κ2) is 13.8. The first-order chi connectivity index (χ1) is 26.2. The first-order valence-electron chi connectivity index (χ1n) is 18.7. The van der Waals surface area contributed by atoms with Crippen molar-refractivity contribution >= 4 is 51.2 Å². The van der Waals surface area contributed by atoms with Crippen LogP contribution in [0, 0.1) is 0 Å². The van der Waals surface area contributed by atoms with Crippen molar-refractivity contribution in [3.8, 4) is 22.5 Å². The normalized spacial score (nSPS) is 14.0. The number of aromatic nitrogens is 2. The van der Waals surface area contributed by atoms with E-state index in [-0.39, 0.29) is 0 Å². The van der Waals surface area contributed by atoms with Crippen molar-refractivity contribution in [1.29, 1.82) is 0 Å². The maximum absolute atomic E-state index is 5.63. The number of hydrogen-bond acceptors (Lipinski definition) is 2. The predicted octanol–water partition coefficient (Wildman–Crippen LogP) is 13.2. The van der Waals surface area contributed by atoms with Crippen LogP contribution in [-0.2, 0) is 0 Å². The summed E-state index contributed by atoms with van der Waals surface area (Å²) in [5, 5.41) is 7.69. The van der Waals surface area contributed by atoms with Gasteiger partial charge in [-0.05, 0) is 78.5 Å². The van der Waals surface area contributed by atoms with Crippen molar-refractivity contribution in [2.75, 3.05) is 0 Å². The molecule has 1 aliphatic rings. The Hall–Kier alpha value is -6.16. The standard InChI is InChI=1S/C50H40N2Si/c1-3-53(4-2)49(45-33-17-31-43(51-45)41-29-15-25-35-19-11-13-27-39(35)41)47(37-21-7-5-8-22-37)48(38-23-9-6-10-24-38)50(53)46-34-18-32-44(52-46)42-30-16-26-36-20-12-14-28-40(36)42/h5-34H,3-4H2,1-2H3. The Morgan fingerprint density at radius 2 is 0.717 bits per heavy atom. The number of fused-ring (bicyclic) bond motifs is 2. The molecule has 0 bridgehead atoms. The van der Waals surface area contributed by atoms with Crippen molar-refractivity contribution in [3.63, 3.8) is 0 Å². The molecule has 53 heavy (non-hydrogen) atoms. The van der Waals surface area contributed by atoms with Crippen LogP contribution in [0.25, 0.3) is 65.6 Å². The molecule has 0 N–H and O–H groups in total. The molecule has 0 saturated heterocycles. The Balaban J connectivity index is 1.34. The summed E-state index contributed by atoms with van der Waals surface area (Å²) in [5.41, 5.74) is 11.5. The zero-order chi connectivity index (χ0) is 35.8. The smallest absolute Gasteiger partial charge is 0.124 e. The predicted molar refractivity (Wildman–Crippen MR) is 228 cm³/mol. The van der Waals surface area contributed by atoms with E-state index in [9.17, 15) is 0 Å². The number of pyridine rings is 2. The maximum atomic E-state index is 5.63. The van der Waals surface area contributed by atoms with Crippen molar-refractivity contribution in [1.82, 2.24) is 9.97 Å². The van der Waals surface area contributed by atoms with Gasteiger partial charge in [0.05, 0.1) is 22.8 Å². The van der Waals surface area contributed by atoms with Gasteiger partial charge in [0.2, 0.25) is 0 Å². The summed E-state index contributed by atoms with van der Waals surface area (Å²) >= 11 is 0. The topological polar surface area (TPSA) is 25.8 Å². The molecule has 1 aliphatic heterocycles. The van der Waals surface area contributed by atoms with Crippen LogP contribution in [0.3, 0.4) is 0 Å². The van der Waals surface area contributed by atoms with Crippen molar-refractivity contribution in [3.05, 3.63) is 205 Å². The highest BCUT2D eigenvalue weighted by molar-refractivity contribution is 7.14. The summed E-state index contributed by atoms with van der Waals surface area (Å²) in [6.07, 6.45) is 0. The van der Waals surface area contributed by atoms with Gasteiger partial charge >= 0.3 is 0 Å². The summed E-state index contributed by atoms with van der Waals surface area (Å²) in [6.45, 7) is 4.80. The minimum atomic E-state index is -2.53. The van der Waals surface area contributed by atoms with Gasteiger partial charge in [-0.1, -0.05) is 184 Å². The maximum Gasteiger partial charge on any atom is 0.124 e. The SMILES string of the molecule is CC[Si]1(CC)C(c2cccc(-c3cccc4ccccc34)n2)=C(c2ccccc2)C(c2ccccc2)=C1c1cccc(-c2cccc3ccccc23)n1. The third-order valence-corrected chi connectivity index (χ3v) is 16.5. The van der Waals surface area contributed by atoms with Gasteiger partial charge < -0.3 is 0 Å². The van der Waals surface area contributed by atoms with Gasteiger partial charge in [-0.25, -0.2) is 9.97 Å². The minimum absolute atomic E-state index is 1.00. The van der Waals surface area contributed by atoms with Crippen LogP contribution in [0.1, 0.15) is 36.4 Å². The van der Waals surface area contributed by atoms with Gasteiger partial charge in [-0.15, -0.1) is 0 Å². The van der Waals surface area contributed by atoms with Gasteiger partial charge in [0.15, 0.2) is 0 Å². The van der Waals surface area contributed by atoms with E-state index < -0.39 is 8.07 Å². The lowest BCUT2D eigenvalue weighted by Gasteiger charge is -2.32. The number of allylic oxidation sites excluding steroid dienone is 2. The molecule has 6 aromatic carbocycles. The summed E-state index contributed by atoms with van der Waals surface area (Å²) in [7, 11) is -2.53. The van der Waals surface area contributed by atoms with E-state index in [1.165, 1.54) is 54.2 Å². The second-order valence-corrected chi connectivity index (χ2v) is 18.5. The Bertz CT molecular complexity index is 2490.